The Morgan fingerprint density at radius 2 is 2.32 bits per heavy atom. The molecule has 1 saturated heterocycles. The Morgan fingerprint density at radius 1 is 1.48 bits per heavy atom. The molecule has 1 saturated carbocycles. The largest absolute Gasteiger partial charge is 0.425 e. The van der Waals surface area contributed by atoms with Crippen LogP contribution in [0.25, 0.3) is 0 Å². The first kappa shape index (κ1) is 16.1. The van der Waals surface area contributed by atoms with Crippen molar-refractivity contribution in [1.29, 1.82) is 5.26 Å². The summed E-state index contributed by atoms with van der Waals surface area (Å²) in [7, 11) is 0. The van der Waals surface area contributed by atoms with Crippen molar-refractivity contribution in [3.05, 3.63) is 46.1 Å². The number of fused-ring (bicyclic) bond motifs is 1. The van der Waals surface area contributed by atoms with Crippen LogP contribution in [0.1, 0.15) is 47.0 Å². The fraction of sp³-hybridized carbons (Fsp3) is 0.444. The lowest BCUT2D eigenvalue weighted by atomic mass is 9.80. The maximum absolute atomic E-state index is 13.0. The molecule has 2 aromatic rings. The van der Waals surface area contributed by atoms with E-state index in [0.717, 1.165) is 19.3 Å². The van der Waals surface area contributed by atoms with Gasteiger partial charge in [-0.3, -0.25) is 4.79 Å². The van der Waals surface area contributed by atoms with E-state index in [-0.39, 0.29) is 11.3 Å². The van der Waals surface area contributed by atoms with Crippen LogP contribution >= 0.6 is 11.6 Å². The average molecular weight is 357 g/mol. The first-order valence-electron chi connectivity index (χ1n) is 8.33. The van der Waals surface area contributed by atoms with Crippen molar-refractivity contribution in [2.24, 2.45) is 5.92 Å². The molecule has 1 aromatic heterocycles. The van der Waals surface area contributed by atoms with E-state index in [1.165, 1.54) is 0 Å². The van der Waals surface area contributed by atoms with Crippen LogP contribution < -0.4 is 0 Å². The third-order valence-electron chi connectivity index (χ3n) is 5.44. The number of hydrogen-bond acceptors (Lipinski definition) is 5. The first-order chi connectivity index (χ1) is 12.0. The zero-order valence-corrected chi connectivity index (χ0v) is 14.6. The van der Waals surface area contributed by atoms with Gasteiger partial charge >= 0.3 is 0 Å². The minimum absolute atomic E-state index is 0.146. The van der Waals surface area contributed by atoms with E-state index in [0.29, 0.717) is 46.9 Å². The molecule has 0 spiro atoms. The maximum Gasteiger partial charge on any atom is 0.255 e. The van der Waals surface area contributed by atoms with Crippen LogP contribution in [-0.2, 0) is 5.41 Å². The van der Waals surface area contributed by atoms with Gasteiger partial charge in [-0.25, -0.2) is 0 Å². The van der Waals surface area contributed by atoms with E-state index >= 15 is 0 Å². The molecule has 0 unspecified atom stereocenters. The molecule has 128 valence electrons. The van der Waals surface area contributed by atoms with Crippen molar-refractivity contribution in [1.82, 2.24) is 15.1 Å². The highest BCUT2D eigenvalue weighted by Crippen LogP contribution is 2.50. The van der Waals surface area contributed by atoms with E-state index in [2.05, 4.69) is 16.3 Å². The monoisotopic (exact) mass is 356 g/mol. The van der Waals surface area contributed by atoms with Crippen molar-refractivity contribution in [3.8, 4) is 6.07 Å². The minimum atomic E-state index is -0.254. The number of rotatable bonds is 2. The standard InChI is InChI=1S/C18H17ClN4O2/c1-11-21-22-17(25-11)18-6-2-3-13(18)9-23(10-18)16(24)14-7-12(8-20)4-5-15(14)19/h4-5,7,13H,2-3,6,9-10H2,1H3/t13-,18-/m0/s1. The van der Waals surface area contributed by atoms with E-state index in [4.69, 9.17) is 21.3 Å². The van der Waals surface area contributed by atoms with Gasteiger partial charge in [0, 0.05) is 20.0 Å². The summed E-state index contributed by atoms with van der Waals surface area (Å²) in [6.07, 6.45) is 3.07. The Balaban J connectivity index is 1.66. The molecule has 2 aliphatic rings. The van der Waals surface area contributed by atoms with E-state index in [1.54, 1.807) is 25.1 Å². The molecule has 0 radical (unpaired) electrons. The summed E-state index contributed by atoms with van der Waals surface area (Å²) < 4.78 is 5.74. The van der Waals surface area contributed by atoms with Crippen molar-refractivity contribution in [3.63, 3.8) is 0 Å². The molecule has 1 aliphatic carbocycles. The number of nitrogens with zero attached hydrogens (tertiary/aromatic N) is 4. The second kappa shape index (κ2) is 5.85. The van der Waals surface area contributed by atoms with Crippen LogP contribution in [0.5, 0.6) is 0 Å². The van der Waals surface area contributed by atoms with E-state index < -0.39 is 0 Å². The van der Waals surface area contributed by atoms with Crippen molar-refractivity contribution in [2.45, 2.75) is 31.6 Å². The predicted molar refractivity (Wildman–Crippen MR) is 90.1 cm³/mol. The summed E-state index contributed by atoms with van der Waals surface area (Å²) in [5.74, 6) is 1.35. The molecule has 2 fully saturated rings. The molecule has 1 amide bonds. The van der Waals surface area contributed by atoms with Gasteiger partial charge in [0.25, 0.3) is 5.91 Å². The second-order valence-electron chi connectivity index (χ2n) is 6.86. The Labute approximate surface area is 150 Å². The highest BCUT2D eigenvalue weighted by Gasteiger charge is 2.55. The lowest BCUT2D eigenvalue weighted by Gasteiger charge is -2.24. The fourth-order valence-electron chi connectivity index (χ4n) is 4.22. The molecule has 1 aliphatic heterocycles. The van der Waals surface area contributed by atoms with Gasteiger partial charge in [-0.15, -0.1) is 10.2 Å². The molecule has 4 rings (SSSR count). The molecular weight excluding hydrogens is 340 g/mol. The van der Waals surface area contributed by atoms with Gasteiger partial charge in [0.2, 0.25) is 11.8 Å². The molecule has 0 N–H and O–H groups in total. The number of benzene rings is 1. The number of amides is 1. The van der Waals surface area contributed by atoms with Crippen molar-refractivity contribution in [2.75, 3.05) is 13.1 Å². The van der Waals surface area contributed by atoms with Crippen LogP contribution in [0.4, 0.5) is 0 Å². The maximum atomic E-state index is 13.0. The Hall–Kier alpha value is -2.39. The number of halogens is 1. The van der Waals surface area contributed by atoms with Crippen LogP contribution in [-0.4, -0.2) is 34.1 Å². The van der Waals surface area contributed by atoms with E-state index in [1.807, 2.05) is 4.90 Å². The molecular formula is C18H17ClN4O2. The lowest BCUT2D eigenvalue weighted by Crippen LogP contribution is -2.35. The molecule has 0 bridgehead atoms. The van der Waals surface area contributed by atoms with Crippen molar-refractivity contribution < 1.29 is 9.21 Å². The smallest absolute Gasteiger partial charge is 0.255 e. The van der Waals surface area contributed by atoms with Gasteiger partial charge in [0.05, 0.1) is 27.6 Å². The van der Waals surface area contributed by atoms with Gasteiger partial charge in [-0.1, -0.05) is 18.0 Å². The Bertz CT molecular complexity index is 887. The number of nitriles is 1. The second-order valence-corrected chi connectivity index (χ2v) is 7.27. The summed E-state index contributed by atoms with van der Waals surface area (Å²) in [6, 6.07) is 6.82. The van der Waals surface area contributed by atoms with Gasteiger partial charge in [-0.05, 0) is 37.0 Å². The quantitative estimate of drug-likeness (QED) is 0.825. The number of aryl methyl sites for hydroxylation is 1. The van der Waals surface area contributed by atoms with Gasteiger partial charge in [-0.2, -0.15) is 5.26 Å². The number of carbonyl (C=O) groups excluding carboxylic acids is 1. The highest BCUT2D eigenvalue weighted by molar-refractivity contribution is 6.33. The third kappa shape index (κ3) is 2.50. The summed E-state index contributed by atoms with van der Waals surface area (Å²) >= 11 is 6.20. The average Bonchev–Trinajstić information content (AvgIpc) is 3.28. The van der Waals surface area contributed by atoms with Gasteiger partial charge < -0.3 is 9.32 Å². The first-order valence-corrected chi connectivity index (χ1v) is 8.71. The third-order valence-corrected chi connectivity index (χ3v) is 5.77. The zero-order chi connectivity index (χ0) is 17.6. The van der Waals surface area contributed by atoms with Crippen LogP contribution in [0, 0.1) is 24.2 Å². The molecule has 1 aromatic carbocycles. The van der Waals surface area contributed by atoms with Crippen LogP contribution in [0.15, 0.2) is 22.6 Å². The van der Waals surface area contributed by atoms with Gasteiger partial charge in [0.1, 0.15) is 0 Å². The minimum Gasteiger partial charge on any atom is -0.425 e. The SMILES string of the molecule is Cc1nnc([C@]23CCC[C@H]2CN(C(=O)c2cc(C#N)ccc2Cl)C3)o1. The Morgan fingerprint density at radius 3 is 3.04 bits per heavy atom. The van der Waals surface area contributed by atoms with Crippen LogP contribution in [0.3, 0.4) is 0 Å². The molecule has 25 heavy (non-hydrogen) atoms. The number of hydrogen-bond donors (Lipinski definition) is 0. The summed E-state index contributed by atoms with van der Waals surface area (Å²) in [5.41, 5.74) is 0.544. The van der Waals surface area contributed by atoms with E-state index in [9.17, 15) is 4.79 Å². The summed E-state index contributed by atoms with van der Waals surface area (Å²) in [4.78, 5) is 14.8. The predicted octanol–water partition coefficient (Wildman–Crippen LogP) is 3.10. The zero-order valence-electron chi connectivity index (χ0n) is 13.8. The normalized spacial score (nSPS) is 25.0. The fourth-order valence-corrected chi connectivity index (χ4v) is 4.42. The van der Waals surface area contributed by atoms with Crippen molar-refractivity contribution >= 4 is 17.5 Å². The topological polar surface area (TPSA) is 83.0 Å². The lowest BCUT2D eigenvalue weighted by molar-refractivity contribution is 0.0776. The molecule has 6 nitrogen and oxygen atoms in total. The van der Waals surface area contributed by atoms with Crippen LogP contribution in [0.2, 0.25) is 5.02 Å². The highest BCUT2D eigenvalue weighted by atomic mass is 35.5. The summed E-state index contributed by atoms with van der Waals surface area (Å²) in [6.45, 7) is 2.97. The molecule has 7 heteroatoms. The molecule has 2 atom stereocenters. The number of likely N-dealkylation sites (tertiary alicyclic amines) is 1. The number of carbonyl (C=O) groups is 1. The molecule has 2 heterocycles. The summed E-state index contributed by atoms with van der Waals surface area (Å²) in [5, 5.41) is 17.7. The number of aromatic nitrogens is 2. The Kier molecular flexibility index (Phi) is 3.77. The van der Waals surface area contributed by atoms with Gasteiger partial charge in [0.15, 0.2) is 0 Å².